The molecular formula is C12H13F3O. The summed E-state index contributed by atoms with van der Waals surface area (Å²) in [5.74, 6) is -3.09. The van der Waals surface area contributed by atoms with Crippen molar-refractivity contribution < 1.29 is 18.3 Å². The zero-order valence-electron chi connectivity index (χ0n) is 8.72. The smallest absolute Gasteiger partial charge is 0.134 e. The molecule has 1 nitrogen and oxygen atoms in total. The minimum Gasteiger partial charge on any atom is -0.388 e. The number of halogens is 3. The van der Waals surface area contributed by atoms with Crippen LogP contribution >= 0.6 is 0 Å². The van der Waals surface area contributed by atoms with Gasteiger partial charge in [0.2, 0.25) is 0 Å². The summed E-state index contributed by atoms with van der Waals surface area (Å²) in [7, 11) is 0. The molecule has 1 aromatic carbocycles. The van der Waals surface area contributed by atoms with Crippen molar-refractivity contribution in [2.24, 2.45) is 0 Å². The zero-order valence-corrected chi connectivity index (χ0v) is 8.72. The van der Waals surface area contributed by atoms with E-state index in [1.165, 1.54) is 0 Å². The van der Waals surface area contributed by atoms with E-state index in [4.69, 9.17) is 0 Å². The van der Waals surface area contributed by atoms with Crippen LogP contribution < -0.4 is 0 Å². The predicted octanol–water partition coefficient (Wildman–Crippen LogP) is 3.49. The van der Waals surface area contributed by atoms with Crippen LogP contribution in [-0.2, 0) is 0 Å². The van der Waals surface area contributed by atoms with Crippen LogP contribution in [0.1, 0.15) is 30.9 Å². The first-order chi connectivity index (χ1) is 7.56. The highest BCUT2D eigenvalue weighted by atomic mass is 19.1. The number of aliphatic hydroxyl groups is 1. The first-order valence-corrected chi connectivity index (χ1v) is 4.99. The molecule has 0 saturated heterocycles. The van der Waals surface area contributed by atoms with Crippen molar-refractivity contribution in [2.75, 3.05) is 0 Å². The van der Waals surface area contributed by atoms with Crippen molar-refractivity contribution in [3.05, 3.63) is 47.8 Å². The molecule has 0 aliphatic rings. The maximum absolute atomic E-state index is 13.2. The molecule has 0 saturated carbocycles. The SMILES string of the molecule is C=CCCCC(O)c1c(F)cc(F)cc1F. The lowest BCUT2D eigenvalue weighted by atomic mass is 10.0. The number of aliphatic hydroxyl groups excluding tert-OH is 1. The average Bonchev–Trinajstić information content (AvgIpc) is 2.16. The lowest BCUT2D eigenvalue weighted by molar-refractivity contribution is 0.155. The topological polar surface area (TPSA) is 20.2 Å². The third-order valence-corrected chi connectivity index (χ3v) is 2.26. The quantitative estimate of drug-likeness (QED) is 0.606. The van der Waals surface area contributed by atoms with Crippen molar-refractivity contribution in [3.63, 3.8) is 0 Å². The fourth-order valence-corrected chi connectivity index (χ4v) is 1.47. The largest absolute Gasteiger partial charge is 0.388 e. The van der Waals surface area contributed by atoms with Crippen molar-refractivity contribution in [1.82, 2.24) is 0 Å². The number of rotatable bonds is 5. The van der Waals surface area contributed by atoms with Gasteiger partial charge in [-0.25, -0.2) is 13.2 Å². The van der Waals surface area contributed by atoms with Crippen LogP contribution in [0.3, 0.4) is 0 Å². The summed E-state index contributed by atoms with van der Waals surface area (Å²) < 4.78 is 39.0. The molecule has 1 aromatic rings. The van der Waals surface area contributed by atoms with E-state index in [2.05, 4.69) is 6.58 Å². The Hall–Kier alpha value is -1.29. The number of hydrogen-bond donors (Lipinski definition) is 1. The predicted molar refractivity (Wildman–Crippen MR) is 55.3 cm³/mol. The van der Waals surface area contributed by atoms with Gasteiger partial charge >= 0.3 is 0 Å². The molecule has 0 heterocycles. The third-order valence-electron chi connectivity index (χ3n) is 2.26. The summed E-state index contributed by atoms with van der Waals surface area (Å²) in [4.78, 5) is 0. The summed E-state index contributed by atoms with van der Waals surface area (Å²) in [6, 6.07) is 1.13. The molecule has 1 unspecified atom stereocenters. The highest BCUT2D eigenvalue weighted by Crippen LogP contribution is 2.25. The van der Waals surface area contributed by atoms with Crippen LogP contribution in [0.2, 0.25) is 0 Å². The van der Waals surface area contributed by atoms with Crippen LogP contribution in [0.4, 0.5) is 13.2 Å². The van der Waals surface area contributed by atoms with Gasteiger partial charge in [0, 0.05) is 12.1 Å². The second-order valence-corrected chi connectivity index (χ2v) is 3.52. The van der Waals surface area contributed by atoms with Gasteiger partial charge in [-0.3, -0.25) is 0 Å². The summed E-state index contributed by atoms with van der Waals surface area (Å²) in [6.07, 6.45) is 1.85. The van der Waals surface area contributed by atoms with E-state index in [0.29, 0.717) is 25.0 Å². The fourth-order valence-electron chi connectivity index (χ4n) is 1.47. The summed E-state index contributed by atoms with van der Waals surface area (Å²) in [5, 5.41) is 9.56. The van der Waals surface area contributed by atoms with E-state index >= 15 is 0 Å². The molecule has 0 spiro atoms. The van der Waals surface area contributed by atoms with Crippen molar-refractivity contribution >= 4 is 0 Å². The lowest BCUT2D eigenvalue weighted by Gasteiger charge is -2.12. The molecule has 0 amide bonds. The normalized spacial score (nSPS) is 12.5. The molecule has 0 bridgehead atoms. The standard InChI is InChI=1S/C12H13F3O/c1-2-3-4-5-11(16)12-9(14)6-8(13)7-10(12)15/h2,6-7,11,16H,1,3-5H2. The minimum absolute atomic E-state index is 0.214. The Morgan fingerprint density at radius 3 is 2.31 bits per heavy atom. The van der Waals surface area contributed by atoms with Gasteiger partial charge in [0.1, 0.15) is 17.5 Å². The highest BCUT2D eigenvalue weighted by molar-refractivity contribution is 5.23. The van der Waals surface area contributed by atoms with E-state index in [9.17, 15) is 18.3 Å². The third kappa shape index (κ3) is 3.10. The molecule has 4 heteroatoms. The molecule has 0 radical (unpaired) electrons. The van der Waals surface area contributed by atoms with Crippen LogP contribution in [-0.4, -0.2) is 5.11 Å². The second kappa shape index (κ2) is 5.70. The Kier molecular flexibility index (Phi) is 4.55. The number of unbranched alkanes of at least 4 members (excludes halogenated alkanes) is 1. The Labute approximate surface area is 92.2 Å². The van der Waals surface area contributed by atoms with E-state index < -0.39 is 29.1 Å². The Balaban J connectivity index is 2.82. The molecule has 0 aliphatic heterocycles. The van der Waals surface area contributed by atoms with Crippen LogP contribution in [0.25, 0.3) is 0 Å². The monoisotopic (exact) mass is 230 g/mol. The number of hydrogen-bond acceptors (Lipinski definition) is 1. The maximum atomic E-state index is 13.2. The van der Waals surface area contributed by atoms with Gasteiger partial charge in [-0.2, -0.15) is 0 Å². The van der Waals surface area contributed by atoms with Crippen LogP contribution in [0.15, 0.2) is 24.8 Å². The minimum atomic E-state index is -1.25. The molecule has 88 valence electrons. The summed E-state index contributed by atoms with van der Waals surface area (Å²) in [5.41, 5.74) is -0.467. The number of allylic oxidation sites excluding steroid dienone is 1. The average molecular weight is 230 g/mol. The van der Waals surface area contributed by atoms with Crippen LogP contribution in [0.5, 0.6) is 0 Å². The van der Waals surface area contributed by atoms with Crippen molar-refractivity contribution in [3.8, 4) is 0 Å². The van der Waals surface area contributed by atoms with E-state index in [-0.39, 0.29) is 6.42 Å². The molecule has 1 atom stereocenters. The molecule has 0 fully saturated rings. The van der Waals surface area contributed by atoms with Gasteiger partial charge < -0.3 is 5.11 Å². The molecule has 16 heavy (non-hydrogen) atoms. The van der Waals surface area contributed by atoms with Gasteiger partial charge in [-0.05, 0) is 19.3 Å². The van der Waals surface area contributed by atoms with E-state index in [1.54, 1.807) is 6.08 Å². The van der Waals surface area contributed by atoms with Gasteiger partial charge in [0.05, 0.1) is 11.7 Å². The first-order valence-electron chi connectivity index (χ1n) is 4.99. The molecule has 0 aliphatic carbocycles. The van der Waals surface area contributed by atoms with E-state index in [1.807, 2.05) is 0 Å². The molecule has 1 rings (SSSR count). The Morgan fingerprint density at radius 2 is 1.81 bits per heavy atom. The molecule has 1 N–H and O–H groups in total. The maximum Gasteiger partial charge on any atom is 0.134 e. The second-order valence-electron chi connectivity index (χ2n) is 3.52. The number of benzene rings is 1. The van der Waals surface area contributed by atoms with E-state index in [0.717, 1.165) is 0 Å². The Morgan fingerprint density at radius 1 is 1.25 bits per heavy atom. The van der Waals surface area contributed by atoms with Crippen molar-refractivity contribution in [1.29, 1.82) is 0 Å². The zero-order chi connectivity index (χ0) is 12.1. The van der Waals surface area contributed by atoms with Gasteiger partial charge in [0.25, 0.3) is 0 Å². The summed E-state index contributed by atoms with van der Waals surface area (Å²) in [6.45, 7) is 3.50. The Bertz CT molecular complexity index is 354. The highest BCUT2D eigenvalue weighted by Gasteiger charge is 2.18. The lowest BCUT2D eigenvalue weighted by Crippen LogP contribution is -2.05. The fraction of sp³-hybridized carbons (Fsp3) is 0.333. The van der Waals surface area contributed by atoms with Gasteiger partial charge in [-0.15, -0.1) is 6.58 Å². The van der Waals surface area contributed by atoms with Crippen molar-refractivity contribution in [2.45, 2.75) is 25.4 Å². The first kappa shape index (κ1) is 12.8. The van der Waals surface area contributed by atoms with Gasteiger partial charge in [0.15, 0.2) is 0 Å². The molecule has 0 aromatic heterocycles. The van der Waals surface area contributed by atoms with Gasteiger partial charge in [-0.1, -0.05) is 6.08 Å². The molecular weight excluding hydrogens is 217 g/mol. The summed E-state index contributed by atoms with van der Waals surface area (Å²) >= 11 is 0. The van der Waals surface area contributed by atoms with Crippen LogP contribution in [0, 0.1) is 17.5 Å².